The van der Waals surface area contributed by atoms with Crippen LogP contribution >= 0.6 is 11.8 Å². The first-order valence-corrected chi connectivity index (χ1v) is 9.70. The SMILES string of the molecule is CC(=O)OCC1O[C@@H](SCCC(=O)O)C(OC(C)=O)[C@H](OC(C)=O)[C@H]1OC(C)=O. The van der Waals surface area contributed by atoms with Gasteiger partial charge in [-0.2, -0.15) is 0 Å². The lowest BCUT2D eigenvalue weighted by Gasteiger charge is -2.44. The molecule has 11 nitrogen and oxygen atoms in total. The van der Waals surface area contributed by atoms with Gasteiger partial charge in [0.2, 0.25) is 0 Å². The summed E-state index contributed by atoms with van der Waals surface area (Å²) in [5.41, 5.74) is -0.963. The fourth-order valence-electron chi connectivity index (χ4n) is 2.59. The average molecular weight is 436 g/mol. The zero-order chi connectivity index (χ0) is 22.1. The summed E-state index contributed by atoms with van der Waals surface area (Å²) in [6.45, 7) is 4.23. The Balaban J connectivity index is 3.22. The molecule has 1 aliphatic heterocycles. The van der Waals surface area contributed by atoms with Gasteiger partial charge < -0.3 is 28.8 Å². The Morgan fingerprint density at radius 1 is 0.828 bits per heavy atom. The van der Waals surface area contributed by atoms with Gasteiger partial charge in [-0.05, 0) is 0 Å². The predicted octanol–water partition coefficient (Wildman–Crippen LogP) is 0.277. The second-order valence-electron chi connectivity index (χ2n) is 6.08. The van der Waals surface area contributed by atoms with E-state index in [-0.39, 0.29) is 18.8 Å². The molecule has 0 aromatic rings. The van der Waals surface area contributed by atoms with Gasteiger partial charge in [0.05, 0.1) is 6.42 Å². The summed E-state index contributed by atoms with van der Waals surface area (Å²) in [7, 11) is 0. The van der Waals surface area contributed by atoms with Crippen LogP contribution < -0.4 is 0 Å². The summed E-state index contributed by atoms with van der Waals surface area (Å²) < 4.78 is 26.5. The topological polar surface area (TPSA) is 152 Å². The van der Waals surface area contributed by atoms with E-state index in [2.05, 4.69) is 0 Å². The van der Waals surface area contributed by atoms with E-state index in [1.54, 1.807) is 0 Å². The van der Waals surface area contributed by atoms with Gasteiger partial charge in [0, 0.05) is 33.4 Å². The number of carboxylic acids is 1. The number of aliphatic carboxylic acids is 1. The molecule has 1 rings (SSSR count). The lowest BCUT2D eigenvalue weighted by molar-refractivity contribution is -0.237. The van der Waals surface area contributed by atoms with Gasteiger partial charge in [-0.15, -0.1) is 11.8 Å². The third-order valence-corrected chi connectivity index (χ3v) is 4.69. The molecule has 0 amide bonds. The van der Waals surface area contributed by atoms with Crippen LogP contribution in [-0.4, -0.2) is 77.2 Å². The molecule has 0 saturated carbocycles. The molecule has 0 aliphatic carbocycles. The largest absolute Gasteiger partial charge is 0.481 e. The minimum absolute atomic E-state index is 0.100. The molecule has 1 fully saturated rings. The molecule has 2 unspecified atom stereocenters. The molecule has 0 spiro atoms. The maximum Gasteiger partial charge on any atom is 0.304 e. The molecule has 1 heterocycles. The number of carbonyl (C=O) groups is 5. The predicted molar refractivity (Wildman–Crippen MR) is 96.7 cm³/mol. The third-order valence-electron chi connectivity index (χ3n) is 3.55. The molecule has 29 heavy (non-hydrogen) atoms. The lowest BCUT2D eigenvalue weighted by atomic mass is 9.99. The molecule has 0 bridgehead atoms. The second-order valence-corrected chi connectivity index (χ2v) is 7.29. The smallest absolute Gasteiger partial charge is 0.304 e. The Morgan fingerprint density at radius 3 is 1.83 bits per heavy atom. The van der Waals surface area contributed by atoms with E-state index in [1.807, 2.05) is 0 Å². The van der Waals surface area contributed by atoms with Gasteiger partial charge in [0.15, 0.2) is 18.3 Å². The molecular weight excluding hydrogens is 412 g/mol. The van der Waals surface area contributed by atoms with Gasteiger partial charge in [0.1, 0.15) is 18.1 Å². The van der Waals surface area contributed by atoms with Crippen molar-refractivity contribution < 1.29 is 52.8 Å². The Morgan fingerprint density at radius 2 is 1.34 bits per heavy atom. The van der Waals surface area contributed by atoms with Gasteiger partial charge in [-0.25, -0.2) is 0 Å². The van der Waals surface area contributed by atoms with E-state index in [0.29, 0.717) is 0 Å². The molecule has 0 aromatic carbocycles. The van der Waals surface area contributed by atoms with E-state index < -0.39 is 59.7 Å². The van der Waals surface area contributed by atoms with Gasteiger partial charge in [0.25, 0.3) is 0 Å². The third kappa shape index (κ3) is 8.69. The number of hydrogen-bond donors (Lipinski definition) is 1. The van der Waals surface area contributed by atoms with Crippen molar-refractivity contribution in [2.45, 2.75) is 64.0 Å². The molecule has 1 saturated heterocycles. The van der Waals surface area contributed by atoms with Crippen LogP contribution in [-0.2, 0) is 47.7 Å². The van der Waals surface area contributed by atoms with Crippen molar-refractivity contribution in [2.75, 3.05) is 12.4 Å². The normalized spacial score (nSPS) is 26.1. The van der Waals surface area contributed by atoms with Crippen molar-refractivity contribution in [1.29, 1.82) is 0 Å². The quantitative estimate of drug-likeness (QED) is 0.390. The van der Waals surface area contributed by atoms with E-state index in [0.717, 1.165) is 32.5 Å². The second kappa shape index (κ2) is 11.6. The zero-order valence-electron chi connectivity index (χ0n) is 16.4. The highest BCUT2D eigenvalue weighted by molar-refractivity contribution is 7.99. The molecule has 0 radical (unpaired) electrons. The number of ether oxygens (including phenoxy) is 5. The maximum absolute atomic E-state index is 11.6. The van der Waals surface area contributed by atoms with Gasteiger partial charge in [-0.3, -0.25) is 24.0 Å². The lowest BCUT2D eigenvalue weighted by Crippen LogP contribution is -2.61. The van der Waals surface area contributed by atoms with Crippen molar-refractivity contribution in [3.05, 3.63) is 0 Å². The zero-order valence-corrected chi connectivity index (χ0v) is 17.3. The summed E-state index contributed by atoms with van der Waals surface area (Å²) >= 11 is 1.01. The Kier molecular flexibility index (Phi) is 9.89. The number of carbonyl (C=O) groups excluding carboxylic acids is 4. The number of thioether (sulfide) groups is 1. The Labute approximate surface area is 171 Å². The molecule has 164 valence electrons. The Hall–Kier alpha value is -2.34. The van der Waals surface area contributed by atoms with Gasteiger partial charge in [-0.1, -0.05) is 0 Å². The summed E-state index contributed by atoms with van der Waals surface area (Å²) in [6.07, 6.45) is -4.90. The average Bonchev–Trinajstić information content (AvgIpc) is 2.56. The highest BCUT2D eigenvalue weighted by Gasteiger charge is 2.52. The van der Waals surface area contributed by atoms with E-state index in [9.17, 15) is 24.0 Å². The first kappa shape index (κ1) is 24.7. The molecule has 0 aromatic heterocycles. The highest BCUT2D eigenvalue weighted by atomic mass is 32.2. The molecule has 1 N–H and O–H groups in total. The van der Waals surface area contributed by atoms with Crippen LogP contribution in [0.15, 0.2) is 0 Å². The number of rotatable bonds is 9. The van der Waals surface area contributed by atoms with Crippen molar-refractivity contribution in [2.24, 2.45) is 0 Å². The van der Waals surface area contributed by atoms with E-state index >= 15 is 0 Å². The van der Waals surface area contributed by atoms with Crippen molar-refractivity contribution in [1.82, 2.24) is 0 Å². The van der Waals surface area contributed by atoms with Crippen LogP contribution in [0.5, 0.6) is 0 Å². The fourth-order valence-corrected chi connectivity index (χ4v) is 3.73. The van der Waals surface area contributed by atoms with Gasteiger partial charge >= 0.3 is 29.8 Å². The maximum atomic E-state index is 11.6. The monoisotopic (exact) mass is 436 g/mol. The first-order chi connectivity index (χ1) is 13.5. The summed E-state index contributed by atoms with van der Waals surface area (Å²) in [4.78, 5) is 56.8. The van der Waals surface area contributed by atoms with Crippen LogP contribution in [0.2, 0.25) is 0 Å². The molecule has 1 aliphatic rings. The minimum Gasteiger partial charge on any atom is -0.481 e. The number of esters is 4. The summed E-state index contributed by atoms with van der Waals surface area (Å²) in [6, 6.07) is 0. The Bertz CT molecular complexity index is 635. The standard InChI is InChI=1S/C17H24O11S/c1-8(18)24-7-12-14(25-9(2)19)15(26-10(3)20)16(27-11(4)21)17(28-12)29-6-5-13(22)23/h12,14-17H,5-7H2,1-4H3,(H,22,23)/t12?,14-,15+,16?,17-/m0/s1. The molecule has 12 heteroatoms. The van der Waals surface area contributed by atoms with Crippen molar-refractivity contribution in [3.8, 4) is 0 Å². The van der Waals surface area contributed by atoms with Crippen LogP contribution in [0.25, 0.3) is 0 Å². The summed E-state index contributed by atoms with van der Waals surface area (Å²) in [5.74, 6) is -3.71. The number of carboxylic acid groups (broad SMARTS) is 1. The number of hydrogen-bond acceptors (Lipinski definition) is 11. The van der Waals surface area contributed by atoms with Crippen molar-refractivity contribution >= 4 is 41.6 Å². The molecule has 5 atom stereocenters. The van der Waals surface area contributed by atoms with Crippen LogP contribution in [0.4, 0.5) is 0 Å². The van der Waals surface area contributed by atoms with Crippen LogP contribution in [0.3, 0.4) is 0 Å². The van der Waals surface area contributed by atoms with Crippen LogP contribution in [0.1, 0.15) is 34.1 Å². The van der Waals surface area contributed by atoms with Crippen molar-refractivity contribution in [3.63, 3.8) is 0 Å². The highest BCUT2D eigenvalue weighted by Crippen LogP contribution is 2.34. The first-order valence-electron chi connectivity index (χ1n) is 8.65. The fraction of sp³-hybridized carbons (Fsp3) is 0.706. The van der Waals surface area contributed by atoms with E-state index in [4.69, 9.17) is 28.8 Å². The minimum atomic E-state index is -1.25. The van der Waals surface area contributed by atoms with E-state index in [1.165, 1.54) is 6.92 Å². The molecular formula is C17H24O11S. The van der Waals surface area contributed by atoms with Crippen LogP contribution in [0, 0.1) is 0 Å². The summed E-state index contributed by atoms with van der Waals surface area (Å²) in [5, 5.41) is 8.84.